The summed E-state index contributed by atoms with van der Waals surface area (Å²) in [5.74, 6) is -0.803. The second-order valence-corrected chi connectivity index (χ2v) is 5.59. The van der Waals surface area contributed by atoms with Gasteiger partial charge in [0.1, 0.15) is 22.5 Å². The number of aromatic nitrogens is 2. The molecule has 7 heteroatoms. The molecule has 118 valence electrons. The van der Waals surface area contributed by atoms with Gasteiger partial charge in [-0.2, -0.15) is 8.75 Å². The van der Waals surface area contributed by atoms with Crippen LogP contribution in [0.2, 0.25) is 0 Å². The van der Waals surface area contributed by atoms with Gasteiger partial charge in [-0.3, -0.25) is 4.79 Å². The van der Waals surface area contributed by atoms with Gasteiger partial charge in [-0.15, -0.1) is 0 Å². The molecule has 0 aliphatic carbocycles. The number of phenols is 2. The molecule has 0 spiro atoms. The molecule has 1 atom stereocenters. The van der Waals surface area contributed by atoms with Crippen molar-refractivity contribution >= 4 is 28.7 Å². The molecular formula is C16H14N2O4S. The first-order valence-electron chi connectivity index (χ1n) is 6.90. The largest absolute Gasteiger partial charge is 0.508 e. The van der Waals surface area contributed by atoms with E-state index in [0.717, 1.165) is 11.7 Å². The molecule has 3 rings (SSSR count). The molecule has 0 unspecified atom stereocenters. The van der Waals surface area contributed by atoms with Crippen molar-refractivity contribution in [1.82, 2.24) is 8.75 Å². The first-order valence-corrected chi connectivity index (χ1v) is 7.63. The van der Waals surface area contributed by atoms with Crippen molar-refractivity contribution in [2.75, 3.05) is 7.11 Å². The average molecular weight is 330 g/mol. The highest BCUT2D eigenvalue weighted by Gasteiger charge is 2.25. The highest BCUT2D eigenvalue weighted by atomic mass is 32.1. The zero-order chi connectivity index (χ0) is 16.4. The lowest BCUT2D eigenvalue weighted by atomic mass is 9.87. The Morgan fingerprint density at radius 2 is 2.09 bits per heavy atom. The lowest BCUT2D eigenvalue weighted by Gasteiger charge is -2.18. The maximum atomic E-state index is 11.8. The Labute approximate surface area is 136 Å². The van der Waals surface area contributed by atoms with Crippen LogP contribution in [0.25, 0.3) is 11.0 Å². The van der Waals surface area contributed by atoms with Crippen LogP contribution >= 0.6 is 11.7 Å². The maximum absolute atomic E-state index is 11.8. The molecule has 0 bridgehead atoms. The molecular weight excluding hydrogens is 316 g/mol. The third-order valence-electron chi connectivity index (χ3n) is 3.66. The summed E-state index contributed by atoms with van der Waals surface area (Å²) in [4.78, 5) is 11.8. The lowest BCUT2D eigenvalue weighted by molar-refractivity contribution is -0.140. The van der Waals surface area contributed by atoms with E-state index in [1.165, 1.54) is 13.2 Å². The minimum atomic E-state index is -0.498. The van der Waals surface area contributed by atoms with E-state index < -0.39 is 11.9 Å². The van der Waals surface area contributed by atoms with Crippen molar-refractivity contribution in [3.05, 3.63) is 47.5 Å². The SMILES string of the molecule is COC(=O)C[C@@H](c1cccc(O)c1)c1c(O)ccc2nsnc12. The molecule has 2 aromatic carbocycles. The fourth-order valence-corrected chi connectivity index (χ4v) is 3.13. The molecule has 3 aromatic rings. The summed E-state index contributed by atoms with van der Waals surface area (Å²) in [7, 11) is 1.31. The second kappa shape index (κ2) is 6.21. The van der Waals surface area contributed by atoms with Crippen molar-refractivity contribution in [2.45, 2.75) is 12.3 Å². The second-order valence-electron chi connectivity index (χ2n) is 5.06. The van der Waals surface area contributed by atoms with E-state index >= 15 is 0 Å². The molecule has 0 saturated carbocycles. The van der Waals surface area contributed by atoms with Gasteiger partial charge < -0.3 is 14.9 Å². The number of esters is 1. The topological polar surface area (TPSA) is 92.5 Å². The van der Waals surface area contributed by atoms with E-state index in [-0.39, 0.29) is 17.9 Å². The summed E-state index contributed by atoms with van der Waals surface area (Å²) in [6.45, 7) is 0. The monoisotopic (exact) mass is 330 g/mol. The summed E-state index contributed by atoms with van der Waals surface area (Å²) in [6.07, 6.45) is 0.0180. The van der Waals surface area contributed by atoms with Crippen LogP contribution in [-0.2, 0) is 9.53 Å². The Bertz CT molecular complexity index is 862. The van der Waals surface area contributed by atoms with Crippen LogP contribution in [0.4, 0.5) is 0 Å². The number of nitrogens with zero attached hydrogens (tertiary/aromatic N) is 2. The van der Waals surface area contributed by atoms with Gasteiger partial charge in [0.2, 0.25) is 0 Å². The maximum Gasteiger partial charge on any atom is 0.306 e. The number of carbonyl (C=O) groups excluding carboxylic acids is 1. The van der Waals surface area contributed by atoms with E-state index in [2.05, 4.69) is 8.75 Å². The molecule has 0 radical (unpaired) electrons. The quantitative estimate of drug-likeness (QED) is 0.715. The first kappa shape index (κ1) is 15.2. The molecule has 23 heavy (non-hydrogen) atoms. The average Bonchev–Trinajstić information content (AvgIpc) is 3.01. The van der Waals surface area contributed by atoms with E-state index in [4.69, 9.17) is 4.74 Å². The molecule has 6 nitrogen and oxygen atoms in total. The Morgan fingerprint density at radius 3 is 2.83 bits per heavy atom. The Balaban J connectivity index is 2.19. The van der Waals surface area contributed by atoms with Crippen LogP contribution < -0.4 is 0 Å². The normalized spacial score (nSPS) is 12.2. The molecule has 0 amide bonds. The number of phenolic OH excluding ortho intramolecular Hbond substituents is 2. The lowest BCUT2D eigenvalue weighted by Crippen LogP contribution is -2.11. The number of fused-ring (bicyclic) bond motifs is 1. The number of rotatable bonds is 4. The van der Waals surface area contributed by atoms with Crippen molar-refractivity contribution in [3.63, 3.8) is 0 Å². The molecule has 0 aliphatic heterocycles. The highest BCUT2D eigenvalue weighted by molar-refractivity contribution is 7.00. The standard InChI is InChI=1S/C16H14N2O4S/c1-22-14(21)8-11(9-3-2-4-10(19)7-9)15-13(20)6-5-12-16(15)18-23-17-12/h2-7,11,19-20H,8H2,1H3/t11-/m0/s1. The van der Waals surface area contributed by atoms with E-state index in [0.29, 0.717) is 22.2 Å². The fraction of sp³-hybridized carbons (Fsp3) is 0.188. The molecule has 1 aromatic heterocycles. The third-order valence-corrected chi connectivity index (χ3v) is 4.21. The minimum Gasteiger partial charge on any atom is -0.508 e. The summed E-state index contributed by atoms with van der Waals surface area (Å²) in [5.41, 5.74) is 2.39. The molecule has 0 fully saturated rings. The summed E-state index contributed by atoms with van der Waals surface area (Å²) in [6, 6.07) is 9.79. The van der Waals surface area contributed by atoms with Crippen molar-refractivity contribution in [1.29, 1.82) is 0 Å². The smallest absolute Gasteiger partial charge is 0.306 e. The van der Waals surface area contributed by atoms with Crippen molar-refractivity contribution < 1.29 is 19.7 Å². The highest BCUT2D eigenvalue weighted by Crippen LogP contribution is 2.39. The van der Waals surface area contributed by atoms with Crippen molar-refractivity contribution in [3.8, 4) is 11.5 Å². The van der Waals surface area contributed by atoms with E-state index in [1.54, 1.807) is 30.3 Å². The number of ether oxygens (including phenoxy) is 1. The van der Waals surface area contributed by atoms with Gasteiger partial charge in [-0.05, 0) is 29.8 Å². The van der Waals surface area contributed by atoms with E-state index in [1.807, 2.05) is 0 Å². The predicted molar refractivity (Wildman–Crippen MR) is 85.7 cm³/mol. The van der Waals surface area contributed by atoms with Gasteiger partial charge in [-0.25, -0.2) is 0 Å². The number of methoxy groups -OCH3 is 1. The third kappa shape index (κ3) is 2.95. The van der Waals surface area contributed by atoms with Crippen LogP contribution in [0.3, 0.4) is 0 Å². The van der Waals surface area contributed by atoms with Gasteiger partial charge in [0.05, 0.1) is 25.3 Å². The van der Waals surface area contributed by atoms with Crippen LogP contribution in [0.1, 0.15) is 23.5 Å². The number of hydrogen-bond donors (Lipinski definition) is 2. The number of carbonyl (C=O) groups is 1. The summed E-state index contributed by atoms with van der Waals surface area (Å²) < 4.78 is 13.2. The fourth-order valence-electron chi connectivity index (χ4n) is 2.58. The number of hydrogen-bond acceptors (Lipinski definition) is 7. The van der Waals surface area contributed by atoms with Crippen LogP contribution in [0, 0.1) is 0 Å². The Hall–Kier alpha value is -2.67. The summed E-state index contributed by atoms with van der Waals surface area (Å²) >= 11 is 1.04. The van der Waals surface area contributed by atoms with E-state index in [9.17, 15) is 15.0 Å². The molecule has 2 N–H and O–H groups in total. The van der Waals surface area contributed by atoms with Gasteiger partial charge >= 0.3 is 5.97 Å². The first-order chi connectivity index (χ1) is 11.1. The van der Waals surface area contributed by atoms with Crippen LogP contribution in [0.5, 0.6) is 11.5 Å². The number of aromatic hydroxyl groups is 2. The molecule has 0 saturated heterocycles. The van der Waals surface area contributed by atoms with Gasteiger partial charge in [0.25, 0.3) is 0 Å². The molecule has 1 heterocycles. The van der Waals surface area contributed by atoms with Gasteiger partial charge in [0.15, 0.2) is 0 Å². The van der Waals surface area contributed by atoms with Gasteiger partial charge in [0, 0.05) is 11.5 Å². The predicted octanol–water partition coefficient (Wildman–Crippen LogP) is 2.80. The number of benzene rings is 2. The summed E-state index contributed by atoms with van der Waals surface area (Å²) in [5, 5.41) is 20.1. The Morgan fingerprint density at radius 1 is 1.26 bits per heavy atom. The van der Waals surface area contributed by atoms with Crippen LogP contribution in [-0.4, -0.2) is 32.0 Å². The van der Waals surface area contributed by atoms with Crippen molar-refractivity contribution in [2.24, 2.45) is 0 Å². The van der Waals surface area contributed by atoms with Gasteiger partial charge in [-0.1, -0.05) is 12.1 Å². The van der Waals surface area contributed by atoms with Crippen LogP contribution in [0.15, 0.2) is 36.4 Å². The molecule has 0 aliphatic rings. The zero-order valence-electron chi connectivity index (χ0n) is 12.3. The minimum absolute atomic E-state index is 0.0180. The zero-order valence-corrected chi connectivity index (χ0v) is 13.1. The Kier molecular flexibility index (Phi) is 4.12.